The van der Waals surface area contributed by atoms with Crippen molar-refractivity contribution in [2.75, 3.05) is 20.3 Å². The quantitative estimate of drug-likeness (QED) is 0.814. The van der Waals surface area contributed by atoms with E-state index >= 15 is 0 Å². The molecule has 0 amide bonds. The van der Waals surface area contributed by atoms with Crippen LogP contribution in [0.25, 0.3) is 0 Å². The van der Waals surface area contributed by atoms with Gasteiger partial charge in [-0.05, 0) is 17.7 Å². The molecule has 90 valence electrons. The van der Waals surface area contributed by atoms with E-state index in [0.717, 1.165) is 5.56 Å². The smallest absolute Gasteiger partial charge is 0.261 e. The van der Waals surface area contributed by atoms with Gasteiger partial charge in [-0.3, -0.25) is 0 Å². The molecule has 5 heteroatoms. The third-order valence-corrected chi connectivity index (χ3v) is 2.06. The van der Waals surface area contributed by atoms with E-state index in [2.05, 4.69) is 0 Å². The predicted molar refractivity (Wildman–Crippen MR) is 56.7 cm³/mol. The van der Waals surface area contributed by atoms with Gasteiger partial charge in [-0.2, -0.15) is 0 Å². The van der Waals surface area contributed by atoms with Gasteiger partial charge in [0.25, 0.3) is 6.43 Å². The van der Waals surface area contributed by atoms with Crippen molar-refractivity contribution in [3.05, 3.63) is 29.8 Å². The van der Waals surface area contributed by atoms with Crippen molar-refractivity contribution in [2.24, 2.45) is 5.73 Å². The second-order valence-corrected chi connectivity index (χ2v) is 3.31. The van der Waals surface area contributed by atoms with Crippen LogP contribution in [0.3, 0.4) is 0 Å². The Bertz CT molecular complexity index is 321. The molecule has 1 aromatic rings. The number of hydrogen-bond donors (Lipinski definition) is 1. The number of rotatable bonds is 6. The van der Waals surface area contributed by atoms with Crippen molar-refractivity contribution in [3.8, 4) is 5.75 Å². The van der Waals surface area contributed by atoms with E-state index < -0.39 is 19.1 Å². The Morgan fingerprint density at radius 3 is 2.69 bits per heavy atom. The van der Waals surface area contributed by atoms with Gasteiger partial charge in [-0.1, -0.05) is 12.1 Å². The van der Waals surface area contributed by atoms with Crippen LogP contribution in [0.4, 0.5) is 8.78 Å². The summed E-state index contributed by atoms with van der Waals surface area (Å²) in [6, 6.07) is 6.72. The van der Waals surface area contributed by atoms with Crippen LogP contribution in [-0.4, -0.2) is 26.7 Å². The van der Waals surface area contributed by atoms with Crippen molar-refractivity contribution in [1.29, 1.82) is 0 Å². The van der Waals surface area contributed by atoms with Crippen LogP contribution < -0.4 is 10.5 Å². The number of benzene rings is 1. The molecule has 0 spiro atoms. The molecule has 1 rings (SSSR count). The average Bonchev–Trinajstić information content (AvgIpc) is 2.28. The Labute approximate surface area is 93.2 Å². The van der Waals surface area contributed by atoms with Crippen molar-refractivity contribution in [3.63, 3.8) is 0 Å². The Morgan fingerprint density at radius 2 is 2.06 bits per heavy atom. The summed E-state index contributed by atoms with van der Waals surface area (Å²) in [6.45, 7) is -0.519. The molecule has 0 aliphatic heterocycles. The van der Waals surface area contributed by atoms with E-state index in [1.807, 2.05) is 0 Å². The fourth-order valence-corrected chi connectivity index (χ4v) is 1.25. The Morgan fingerprint density at radius 1 is 1.31 bits per heavy atom. The van der Waals surface area contributed by atoms with Crippen LogP contribution in [0, 0.1) is 0 Å². The number of alkyl halides is 2. The van der Waals surface area contributed by atoms with E-state index in [-0.39, 0.29) is 6.61 Å². The number of hydrogen-bond acceptors (Lipinski definition) is 3. The van der Waals surface area contributed by atoms with Gasteiger partial charge < -0.3 is 15.2 Å². The van der Waals surface area contributed by atoms with E-state index in [9.17, 15) is 8.78 Å². The molecule has 0 aromatic heterocycles. The van der Waals surface area contributed by atoms with Crippen LogP contribution in [0.1, 0.15) is 11.6 Å². The molecular weight excluding hydrogens is 216 g/mol. The first-order chi connectivity index (χ1) is 7.63. The van der Waals surface area contributed by atoms with Gasteiger partial charge in [0.2, 0.25) is 0 Å². The first-order valence-corrected chi connectivity index (χ1v) is 4.89. The molecule has 0 radical (unpaired) electrons. The molecule has 1 atom stereocenters. The Kier molecular flexibility index (Phi) is 5.14. The van der Waals surface area contributed by atoms with Crippen molar-refractivity contribution >= 4 is 0 Å². The van der Waals surface area contributed by atoms with Crippen molar-refractivity contribution < 1.29 is 18.3 Å². The van der Waals surface area contributed by atoms with E-state index in [4.69, 9.17) is 15.2 Å². The normalized spacial score (nSPS) is 12.8. The highest BCUT2D eigenvalue weighted by Gasteiger charge is 2.09. The zero-order chi connectivity index (χ0) is 12.0. The Hall–Kier alpha value is -1.20. The number of nitrogens with two attached hydrogens (primary N) is 1. The monoisotopic (exact) mass is 231 g/mol. The summed E-state index contributed by atoms with van der Waals surface area (Å²) in [5.41, 5.74) is 6.58. The molecule has 0 aliphatic rings. The van der Waals surface area contributed by atoms with Crippen LogP contribution >= 0.6 is 0 Å². The number of halogens is 2. The second-order valence-electron chi connectivity index (χ2n) is 3.31. The van der Waals surface area contributed by atoms with Crippen molar-refractivity contribution in [1.82, 2.24) is 0 Å². The molecule has 0 heterocycles. The Balaban J connectivity index is 2.48. The summed E-state index contributed by atoms with van der Waals surface area (Å²) in [4.78, 5) is 0. The molecule has 0 fully saturated rings. The van der Waals surface area contributed by atoms with Gasteiger partial charge in [0, 0.05) is 0 Å². The first-order valence-electron chi connectivity index (χ1n) is 4.89. The highest BCUT2D eigenvalue weighted by molar-refractivity contribution is 5.30. The molecule has 0 bridgehead atoms. The lowest BCUT2D eigenvalue weighted by molar-refractivity contribution is 0.0125. The van der Waals surface area contributed by atoms with Crippen LogP contribution in [-0.2, 0) is 4.74 Å². The fraction of sp³-hybridized carbons (Fsp3) is 0.455. The minimum atomic E-state index is -2.46. The number of ether oxygens (including phenoxy) is 2. The highest BCUT2D eigenvalue weighted by atomic mass is 19.3. The zero-order valence-corrected chi connectivity index (χ0v) is 9.03. The molecule has 1 aromatic carbocycles. The molecule has 16 heavy (non-hydrogen) atoms. The third-order valence-electron chi connectivity index (χ3n) is 2.06. The molecule has 0 saturated heterocycles. The maximum Gasteiger partial charge on any atom is 0.261 e. The summed E-state index contributed by atoms with van der Waals surface area (Å²) < 4.78 is 33.4. The zero-order valence-electron chi connectivity index (χ0n) is 9.03. The lowest BCUT2D eigenvalue weighted by atomic mass is 10.1. The summed E-state index contributed by atoms with van der Waals surface area (Å²) in [5, 5.41) is 0. The van der Waals surface area contributed by atoms with Crippen LogP contribution in [0.2, 0.25) is 0 Å². The minimum Gasteiger partial charge on any atom is -0.497 e. The van der Waals surface area contributed by atoms with Crippen LogP contribution in [0.5, 0.6) is 5.75 Å². The van der Waals surface area contributed by atoms with Gasteiger partial charge >= 0.3 is 0 Å². The molecule has 0 saturated carbocycles. The maximum atomic E-state index is 11.8. The first kappa shape index (κ1) is 12.9. The summed E-state index contributed by atoms with van der Waals surface area (Å²) in [6.07, 6.45) is -2.46. The van der Waals surface area contributed by atoms with Gasteiger partial charge in [-0.25, -0.2) is 8.78 Å². The van der Waals surface area contributed by atoms with Gasteiger partial charge in [-0.15, -0.1) is 0 Å². The highest BCUT2D eigenvalue weighted by Crippen LogP contribution is 2.17. The lowest BCUT2D eigenvalue weighted by Gasteiger charge is -2.13. The third kappa shape index (κ3) is 4.12. The van der Waals surface area contributed by atoms with Crippen LogP contribution in [0.15, 0.2) is 24.3 Å². The summed E-state index contributed by atoms with van der Waals surface area (Å²) in [7, 11) is 1.55. The molecule has 2 N–H and O–H groups in total. The van der Waals surface area contributed by atoms with Crippen molar-refractivity contribution in [2.45, 2.75) is 12.5 Å². The largest absolute Gasteiger partial charge is 0.497 e. The fourth-order valence-electron chi connectivity index (χ4n) is 1.25. The number of methoxy groups -OCH3 is 1. The van der Waals surface area contributed by atoms with Gasteiger partial charge in [0.1, 0.15) is 12.4 Å². The second kappa shape index (κ2) is 6.40. The average molecular weight is 231 g/mol. The molecule has 0 aliphatic carbocycles. The maximum absolute atomic E-state index is 11.8. The van der Waals surface area contributed by atoms with E-state index in [1.54, 1.807) is 31.4 Å². The van der Waals surface area contributed by atoms with Gasteiger partial charge in [0.05, 0.1) is 19.8 Å². The predicted octanol–water partition coefficient (Wildman–Crippen LogP) is 1.98. The standard InChI is InChI=1S/C11H15F2NO2/c1-15-9-4-2-3-8(5-9)10(14)6-16-7-11(12)13/h2-5,10-11H,6-7,14H2,1H3. The van der Waals surface area contributed by atoms with E-state index in [0.29, 0.717) is 5.75 Å². The molecule has 1 unspecified atom stereocenters. The molecule has 3 nitrogen and oxygen atoms in total. The minimum absolute atomic E-state index is 0.0670. The van der Waals surface area contributed by atoms with E-state index in [1.165, 1.54) is 0 Å². The summed E-state index contributed by atoms with van der Waals surface area (Å²) >= 11 is 0. The summed E-state index contributed by atoms with van der Waals surface area (Å²) in [5.74, 6) is 0.682. The topological polar surface area (TPSA) is 44.5 Å². The lowest BCUT2D eigenvalue weighted by Crippen LogP contribution is -2.19. The molecular formula is C11H15F2NO2. The SMILES string of the molecule is COc1cccc(C(N)COCC(F)F)c1. The van der Waals surface area contributed by atoms with Gasteiger partial charge in [0.15, 0.2) is 0 Å².